The largest absolute Gasteiger partial charge is 0.399 e. The number of benzene rings is 1. The molecule has 1 aliphatic rings. The number of aromatic amines is 1. The van der Waals surface area contributed by atoms with E-state index in [1.807, 2.05) is 6.07 Å². The maximum atomic E-state index is 12.3. The number of anilines is 1. The zero-order valence-electron chi connectivity index (χ0n) is 11.1. The number of hydrogen-bond donors (Lipinski definition) is 3. The highest BCUT2D eigenvalue weighted by Gasteiger charge is 2.30. The first kappa shape index (κ1) is 12.5. The molecule has 2 heterocycles. The van der Waals surface area contributed by atoms with Crippen molar-refractivity contribution in [2.45, 2.75) is 12.5 Å². The summed E-state index contributed by atoms with van der Waals surface area (Å²) in [6, 6.07) is 4.92. The molecule has 6 nitrogen and oxygen atoms in total. The number of amides is 2. The summed E-state index contributed by atoms with van der Waals surface area (Å²) >= 11 is 0. The van der Waals surface area contributed by atoms with Gasteiger partial charge in [-0.2, -0.15) is 0 Å². The Balaban J connectivity index is 1.86. The molecular weight excluding hydrogens is 256 g/mol. The standard InChI is InChI=1S/C14H16N4O2/c1-18-5-4-12(14(18)20)17-13(19)10-7-16-11-3-2-8(15)6-9(10)11/h2-3,6-7,12,16H,4-5,15H2,1H3,(H,17,19). The monoisotopic (exact) mass is 272 g/mol. The Bertz CT molecular complexity index is 692. The van der Waals surface area contributed by atoms with Gasteiger partial charge >= 0.3 is 0 Å². The lowest BCUT2D eigenvalue weighted by molar-refractivity contribution is -0.128. The van der Waals surface area contributed by atoms with Crippen LogP contribution in [0.15, 0.2) is 24.4 Å². The summed E-state index contributed by atoms with van der Waals surface area (Å²) in [6.07, 6.45) is 2.29. The van der Waals surface area contributed by atoms with Gasteiger partial charge in [-0.1, -0.05) is 0 Å². The smallest absolute Gasteiger partial charge is 0.254 e. The van der Waals surface area contributed by atoms with Crippen molar-refractivity contribution in [3.8, 4) is 0 Å². The van der Waals surface area contributed by atoms with Crippen LogP contribution in [-0.4, -0.2) is 41.3 Å². The predicted molar refractivity (Wildman–Crippen MR) is 76.2 cm³/mol. The van der Waals surface area contributed by atoms with Gasteiger partial charge in [0.25, 0.3) is 5.91 Å². The van der Waals surface area contributed by atoms with E-state index in [4.69, 9.17) is 5.73 Å². The third-order valence-electron chi connectivity index (χ3n) is 3.68. The summed E-state index contributed by atoms with van der Waals surface area (Å²) in [5.74, 6) is -0.298. The number of likely N-dealkylation sites (tertiary alicyclic amines) is 1. The van der Waals surface area contributed by atoms with E-state index in [-0.39, 0.29) is 11.8 Å². The number of H-pyrrole nitrogens is 1. The summed E-state index contributed by atoms with van der Waals surface area (Å²) < 4.78 is 0. The summed E-state index contributed by atoms with van der Waals surface area (Å²) in [7, 11) is 1.74. The lowest BCUT2D eigenvalue weighted by Gasteiger charge is -2.11. The lowest BCUT2D eigenvalue weighted by Crippen LogP contribution is -2.40. The van der Waals surface area contributed by atoms with Crippen molar-refractivity contribution in [3.05, 3.63) is 30.0 Å². The number of aromatic nitrogens is 1. The van der Waals surface area contributed by atoms with Crippen LogP contribution in [0.25, 0.3) is 10.9 Å². The van der Waals surface area contributed by atoms with Gasteiger partial charge in [-0.3, -0.25) is 9.59 Å². The van der Waals surface area contributed by atoms with Gasteiger partial charge in [-0.25, -0.2) is 0 Å². The number of likely N-dealkylation sites (N-methyl/N-ethyl adjacent to an activating group) is 1. The predicted octanol–water partition coefficient (Wildman–Crippen LogP) is 0.711. The molecule has 3 rings (SSSR count). The molecule has 0 radical (unpaired) electrons. The molecule has 4 N–H and O–H groups in total. The molecule has 1 fully saturated rings. The Morgan fingerprint density at radius 2 is 2.30 bits per heavy atom. The first-order valence-corrected chi connectivity index (χ1v) is 6.48. The van der Waals surface area contributed by atoms with Crippen LogP contribution in [0.1, 0.15) is 16.8 Å². The summed E-state index contributed by atoms with van der Waals surface area (Å²) in [5, 5.41) is 3.55. The number of nitrogens with one attached hydrogen (secondary N) is 2. The number of nitrogens with two attached hydrogens (primary N) is 1. The molecule has 1 aliphatic heterocycles. The van der Waals surface area contributed by atoms with Crippen LogP contribution in [0.5, 0.6) is 0 Å². The van der Waals surface area contributed by atoms with Gasteiger partial charge in [0.15, 0.2) is 0 Å². The highest BCUT2D eigenvalue weighted by molar-refractivity contribution is 6.08. The molecular formula is C14H16N4O2. The number of nitrogens with zero attached hydrogens (tertiary/aromatic N) is 1. The van der Waals surface area contributed by atoms with Crippen molar-refractivity contribution in [2.24, 2.45) is 0 Å². The van der Waals surface area contributed by atoms with E-state index < -0.39 is 6.04 Å². The fourth-order valence-electron chi connectivity index (χ4n) is 2.52. The van der Waals surface area contributed by atoms with Gasteiger partial charge < -0.3 is 20.9 Å². The summed E-state index contributed by atoms with van der Waals surface area (Å²) in [6.45, 7) is 0.671. The van der Waals surface area contributed by atoms with Crippen LogP contribution in [0.4, 0.5) is 5.69 Å². The van der Waals surface area contributed by atoms with Crippen LogP contribution in [-0.2, 0) is 4.79 Å². The highest BCUT2D eigenvalue weighted by Crippen LogP contribution is 2.21. The SMILES string of the molecule is CN1CCC(NC(=O)c2c[nH]c3ccc(N)cc23)C1=O. The quantitative estimate of drug-likeness (QED) is 0.703. The zero-order valence-corrected chi connectivity index (χ0v) is 11.1. The fraction of sp³-hybridized carbons (Fsp3) is 0.286. The van der Waals surface area contributed by atoms with E-state index in [2.05, 4.69) is 10.3 Å². The molecule has 0 saturated carbocycles. The molecule has 104 valence electrons. The minimum absolute atomic E-state index is 0.0438. The fourth-order valence-corrected chi connectivity index (χ4v) is 2.52. The van der Waals surface area contributed by atoms with E-state index in [1.54, 1.807) is 30.3 Å². The second-order valence-corrected chi connectivity index (χ2v) is 5.08. The Hall–Kier alpha value is -2.50. The average Bonchev–Trinajstić information content (AvgIpc) is 2.96. The number of nitrogen functional groups attached to an aromatic ring is 1. The van der Waals surface area contributed by atoms with E-state index in [0.717, 1.165) is 10.9 Å². The van der Waals surface area contributed by atoms with E-state index in [9.17, 15) is 9.59 Å². The van der Waals surface area contributed by atoms with Crippen molar-refractivity contribution in [1.82, 2.24) is 15.2 Å². The van der Waals surface area contributed by atoms with Gasteiger partial charge in [0.1, 0.15) is 6.04 Å². The molecule has 1 aromatic carbocycles. The van der Waals surface area contributed by atoms with Gasteiger partial charge in [0.2, 0.25) is 5.91 Å². The van der Waals surface area contributed by atoms with E-state index >= 15 is 0 Å². The molecule has 0 bridgehead atoms. The lowest BCUT2D eigenvalue weighted by atomic mass is 10.1. The minimum Gasteiger partial charge on any atom is -0.399 e. The normalized spacial score (nSPS) is 18.8. The molecule has 1 aromatic heterocycles. The molecule has 1 atom stereocenters. The summed E-state index contributed by atoms with van der Waals surface area (Å²) in [5.41, 5.74) is 7.70. The van der Waals surface area contributed by atoms with Crippen molar-refractivity contribution in [2.75, 3.05) is 19.3 Å². The number of fused-ring (bicyclic) bond motifs is 1. The second-order valence-electron chi connectivity index (χ2n) is 5.08. The Labute approximate surface area is 115 Å². The topological polar surface area (TPSA) is 91.2 Å². The Morgan fingerprint density at radius 1 is 1.50 bits per heavy atom. The third-order valence-corrected chi connectivity index (χ3v) is 3.68. The van der Waals surface area contributed by atoms with Crippen molar-refractivity contribution < 1.29 is 9.59 Å². The van der Waals surface area contributed by atoms with Crippen LogP contribution in [0.2, 0.25) is 0 Å². The maximum Gasteiger partial charge on any atom is 0.254 e. The van der Waals surface area contributed by atoms with Crippen LogP contribution in [0, 0.1) is 0 Å². The van der Waals surface area contributed by atoms with E-state index in [0.29, 0.717) is 24.2 Å². The summed E-state index contributed by atoms with van der Waals surface area (Å²) in [4.78, 5) is 28.8. The van der Waals surface area contributed by atoms with Gasteiger partial charge in [-0.15, -0.1) is 0 Å². The van der Waals surface area contributed by atoms with Crippen LogP contribution < -0.4 is 11.1 Å². The minimum atomic E-state index is -0.432. The van der Waals surface area contributed by atoms with Gasteiger partial charge in [-0.05, 0) is 24.6 Å². The van der Waals surface area contributed by atoms with Crippen molar-refractivity contribution >= 4 is 28.4 Å². The molecule has 20 heavy (non-hydrogen) atoms. The third kappa shape index (κ3) is 1.99. The molecule has 1 unspecified atom stereocenters. The highest BCUT2D eigenvalue weighted by atomic mass is 16.2. The molecule has 2 aromatic rings. The molecule has 1 saturated heterocycles. The molecule has 0 spiro atoms. The van der Waals surface area contributed by atoms with Gasteiger partial charge in [0, 0.05) is 36.4 Å². The zero-order chi connectivity index (χ0) is 14.3. The molecule has 0 aliphatic carbocycles. The molecule has 2 amide bonds. The molecule has 6 heteroatoms. The number of hydrogen-bond acceptors (Lipinski definition) is 3. The first-order chi connectivity index (χ1) is 9.56. The van der Waals surface area contributed by atoms with Crippen molar-refractivity contribution in [3.63, 3.8) is 0 Å². The Morgan fingerprint density at radius 3 is 3.00 bits per heavy atom. The van der Waals surface area contributed by atoms with Crippen LogP contribution in [0.3, 0.4) is 0 Å². The van der Waals surface area contributed by atoms with Crippen molar-refractivity contribution in [1.29, 1.82) is 0 Å². The number of rotatable bonds is 2. The second kappa shape index (κ2) is 4.56. The van der Waals surface area contributed by atoms with Crippen LogP contribution >= 0.6 is 0 Å². The van der Waals surface area contributed by atoms with Gasteiger partial charge in [0.05, 0.1) is 5.56 Å². The van der Waals surface area contributed by atoms with E-state index in [1.165, 1.54) is 0 Å². The Kier molecular flexibility index (Phi) is 2.85. The maximum absolute atomic E-state index is 12.3. The first-order valence-electron chi connectivity index (χ1n) is 6.48. The number of carbonyl (C=O) groups is 2. The number of carbonyl (C=O) groups excluding carboxylic acids is 2. The average molecular weight is 272 g/mol.